The Morgan fingerprint density at radius 2 is 2.12 bits per heavy atom. The lowest BCUT2D eigenvalue weighted by molar-refractivity contribution is 0.0499. The van der Waals surface area contributed by atoms with E-state index in [4.69, 9.17) is 4.74 Å². The largest absolute Gasteiger partial charge is 0.381 e. The molecule has 0 aromatic carbocycles. The van der Waals surface area contributed by atoms with E-state index in [-0.39, 0.29) is 11.9 Å². The summed E-state index contributed by atoms with van der Waals surface area (Å²) in [6.07, 6.45) is 7.25. The molecule has 1 aliphatic heterocycles. The number of ether oxygens (including phenoxy) is 1. The second-order valence-electron chi connectivity index (χ2n) is 6.69. The zero-order chi connectivity index (χ0) is 18.1. The minimum Gasteiger partial charge on any atom is -0.381 e. The fourth-order valence-corrected chi connectivity index (χ4v) is 3.48. The van der Waals surface area contributed by atoms with Crippen molar-refractivity contribution in [2.45, 2.75) is 25.8 Å². The zero-order valence-electron chi connectivity index (χ0n) is 14.9. The number of hydrogen-bond donors (Lipinski definition) is 1. The van der Waals surface area contributed by atoms with Gasteiger partial charge in [-0.05, 0) is 37.8 Å². The minimum atomic E-state index is -0.149. The fourth-order valence-electron chi connectivity index (χ4n) is 3.48. The van der Waals surface area contributed by atoms with Crippen LogP contribution in [0.3, 0.4) is 0 Å². The number of amides is 1. The quantitative estimate of drug-likeness (QED) is 0.770. The van der Waals surface area contributed by atoms with Crippen molar-refractivity contribution < 1.29 is 9.53 Å². The van der Waals surface area contributed by atoms with E-state index in [1.807, 2.05) is 29.1 Å². The van der Waals surface area contributed by atoms with E-state index in [1.165, 1.54) is 0 Å². The number of rotatable bonds is 4. The Hall–Kier alpha value is -2.74. The normalized spacial score (nSPS) is 16.7. The van der Waals surface area contributed by atoms with Crippen molar-refractivity contribution in [3.63, 3.8) is 0 Å². The van der Waals surface area contributed by atoms with Crippen LogP contribution in [0.1, 0.15) is 40.9 Å². The van der Waals surface area contributed by atoms with Crippen molar-refractivity contribution in [1.29, 1.82) is 0 Å². The highest BCUT2D eigenvalue weighted by Gasteiger charge is 2.30. The minimum absolute atomic E-state index is 0.125. The van der Waals surface area contributed by atoms with Crippen molar-refractivity contribution in [3.8, 4) is 0 Å². The lowest BCUT2D eigenvalue weighted by atomic mass is 9.91. The number of nitrogens with zero attached hydrogens (tertiary/aromatic N) is 5. The highest BCUT2D eigenvalue weighted by atomic mass is 16.5. The zero-order valence-corrected chi connectivity index (χ0v) is 14.9. The lowest BCUT2D eigenvalue weighted by Crippen LogP contribution is -2.37. The third-order valence-electron chi connectivity index (χ3n) is 5.00. The predicted octanol–water partition coefficient (Wildman–Crippen LogP) is 1.67. The molecule has 8 heteroatoms. The van der Waals surface area contributed by atoms with Crippen LogP contribution in [0.25, 0.3) is 5.65 Å². The molecular weight excluding hydrogens is 332 g/mol. The number of pyridine rings is 1. The standard InChI is InChI=1S/C18H22N6O2/c1-12-21-22-15-4-3-14(11-24(12)15)18(25)20-16(13-5-9-26-10-6-13)17-19-7-8-23(17)2/h3-4,7-8,11,13,16H,5-6,9-10H2,1-2H3,(H,20,25). The Morgan fingerprint density at radius 1 is 1.31 bits per heavy atom. The van der Waals surface area contributed by atoms with Gasteiger partial charge in [-0.1, -0.05) is 0 Å². The summed E-state index contributed by atoms with van der Waals surface area (Å²) < 4.78 is 9.27. The SMILES string of the molecule is Cc1nnc2ccc(C(=O)NC(c3nccn3C)C3CCOCC3)cn12. The van der Waals surface area contributed by atoms with Crippen LogP contribution in [0.2, 0.25) is 0 Å². The Bertz CT molecular complexity index is 925. The van der Waals surface area contributed by atoms with E-state index in [0.29, 0.717) is 24.7 Å². The van der Waals surface area contributed by atoms with Gasteiger partial charge in [0.05, 0.1) is 11.6 Å². The third-order valence-corrected chi connectivity index (χ3v) is 5.00. The van der Waals surface area contributed by atoms with Gasteiger partial charge < -0.3 is 14.6 Å². The van der Waals surface area contributed by atoms with E-state index in [1.54, 1.807) is 24.5 Å². The molecule has 136 valence electrons. The lowest BCUT2D eigenvalue weighted by Gasteiger charge is -2.30. The van der Waals surface area contributed by atoms with Crippen LogP contribution in [-0.4, -0.2) is 43.3 Å². The van der Waals surface area contributed by atoms with Crippen molar-refractivity contribution in [3.05, 3.63) is 47.9 Å². The maximum Gasteiger partial charge on any atom is 0.253 e. The summed E-state index contributed by atoms with van der Waals surface area (Å²) in [6, 6.07) is 3.43. The molecule has 0 spiro atoms. The summed E-state index contributed by atoms with van der Waals surface area (Å²) in [7, 11) is 1.95. The number of imidazole rings is 1. The first-order valence-corrected chi connectivity index (χ1v) is 8.80. The molecule has 1 fully saturated rings. The monoisotopic (exact) mass is 354 g/mol. The van der Waals surface area contributed by atoms with Gasteiger partial charge in [-0.3, -0.25) is 9.20 Å². The van der Waals surface area contributed by atoms with E-state index < -0.39 is 0 Å². The van der Waals surface area contributed by atoms with E-state index in [9.17, 15) is 4.79 Å². The number of aromatic nitrogens is 5. The smallest absolute Gasteiger partial charge is 0.253 e. The number of nitrogens with one attached hydrogen (secondary N) is 1. The highest BCUT2D eigenvalue weighted by molar-refractivity contribution is 5.94. The molecule has 4 heterocycles. The Morgan fingerprint density at radius 3 is 2.85 bits per heavy atom. The summed E-state index contributed by atoms with van der Waals surface area (Å²) in [6.45, 7) is 3.29. The van der Waals surface area contributed by atoms with E-state index in [0.717, 1.165) is 30.1 Å². The Kier molecular flexibility index (Phi) is 4.42. The molecule has 1 unspecified atom stereocenters. The maximum absolute atomic E-state index is 12.9. The molecule has 26 heavy (non-hydrogen) atoms. The van der Waals surface area contributed by atoms with Crippen LogP contribution in [0.5, 0.6) is 0 Å². The summed E-state index contributed by atoms with van der Waals surface area (Å²) in [5, 5.41) is 11.3. The molecule has 8 nitrogen and oxygen atoms in total. The van der Waals surface area contributed by atoms with Gasteiger partial charge in [0.25, 0.3) is 5.91 Å². The Balaban J connectivity index is 1.62. The molecule has 1 aliphatic rings. The molecule has 1 N–H and O–H groups in total. The fraction of sp³-hybridized carbons (Fsp3) is 0.444. The molecule has 0 aliphatic carbocycles. The molecule has 4 rings (SSSR count). The molecule has 1 amide bonds. The summed E-state index contributed by atoms with van der Waals surface area (Å²) in [4.78, 5) is 17.4. The van der Waals surface area contributed by atoms with Crippen molar-refractivity contribution in [1.82, 2.24) is 29.5 Å². The number of fused-ring (bicyclic) bond motifs is 1. The molecular formula is C18H22N6O2. The average Bonchev–Trinajstić information content (AvgIpc) is 3.26. The number of carbonyl (C=O) groups excluding carboxylic acids is 1. The maximum atomic E-state index is 12.9. The van der Waals surface area contributed by atoms with Crippen LogP contribution in [-0.2, 0) is 11.8 Å². The van der Waals surface area contributed by atoms with E-state index in [2.05, 4.69) is 20.5 Å². The molecule has 3 aromatic rings. The molecule has 1 saturated heterocycles. The molecule has 0 bridgehead atoms. The average molecular weight is 354 g/mol. The van der Waals surface area contributed by atoms with Crippen LogP contribution in [0.4, 0.5) is 0 Å². The van der Waals surface area contributed by atoms with Gasteiger partial charge in [0.15, 0.2) is 5.65 Å². The third kappa shape index (κ3) is 3.08. The molecule has 1 atom stereocenters. The summed E-state index contributed by atoms with van der Waals surface area (Å²) in [5.74, 6) is 1.79. The number of hydrogen-bond acceptors (Lipinski definition) is 5. The number of aryl methyl sites for hydroxylation is 2. The van der Waals surface area contributed by atoms with Crippen LogP contribution < -0.4 is 5.32 Å². The van der Waals surface area contributed by atoms with E-state index >= 15 is 0 Å². The van der Waals surface area contributed by atoms with Gasteiger partial charge in [-0.2, -0.15) is 0 Å². The van der Waals surface area contributed by atoms with Crippen LogP contribution in [0.15, 0.2) is 30.7 Å². The summed E-state index contributed by atoms with van der Waals surface area (Å²) in [5.41, 5.74) is 1.30. The second kappa shape index (κ2) is 6.87. The number of carbonyl (C=O) groups is 1. The van der Waals surface area contributed by atoms with Crippen LogP contribution in [0, 0.1) is 12.8 Å². The van der Waals surface area contributed by atoms with Gasteiger partial charge in [0, 0.05) is 38.9 Å². The molecule has 0 radical (unpaired) electrons. The van der Waals surface area contributed by atoms with Crippen molar-refractivity contribution in [2.24, 2.45) is 13.0 Å². The van der Waals surface area contributed by atoms with Gasteiger partial charge in [0.2, 0.25) is 0 Å². The van der Waals surface area contributed by atoms with Crippen molar-refractivity contribution in [2.75, 3.05) is 13.2 Å². The molecule has 3 aromatic heterocycles. The first kappa shape index (κ1) is 16.7. The van der Waals surface area contributed by atoms with Crippen molar-refractivity contribution >= 4 is 11.6 Å². The van der Waals surface area contributed by atoms with Crippen LogP contribution >= 0.6 is 0 Å². The van der Waals surface area contributed by atoms with Gasteiger partial charge in [-0.25, -0.2) is 4.98 Å². The van der Waals surface area contributed by atoms with Gasteiger partial charge >= 0.3 is 0 Å². The first-order chi connectivity index (χ1) is 12.6. The topological polar surface area (TPSA) is 86.3 Å². The van der Waals surface area contributed by atoms with Gasteiger partial charge in [-0.15, -0.1) is 10.2 Å². The van der Waals surface area contributed by atoms with Gasteiger partial charge in [0.1, 0.15) is 11.6 Å². The Labute approximate surface area is 151 Å². The predicted molar refractivity (Wildman–Crippen MR) is 94.7 cm³/mol. The second-order valence-corrected chi connectivity index (χ2v) is 6.69. The first-order valence-electron chi connectivity index (χ1n) is 8.80. The molecule has 0 saturated carbocycles. The highest BCUT2D eigenvalue weighted by Crippen LogP contribution is 2.29. The summed E-state index contributed by atoms with van der Waals surface area (Å²) >= 11 is 0.